The number of ether oxygens (including phenoxy) is 1. The minimum Gasteiger partial charge on any atom is -0.370 e. The van der Waals surface area contributed by atoms with E-state index in [9.17, 15) is 9.59 Å². The van der Waals surface area contributed by atoms with Crippen molar-refractivity contribution in [2.45, 2.75) is 57.8 Å². The molecule has 164 valence electrons. The van der Waals surface area contributed by atoms with Crippen LogP contribution in [0.3, 0.4) is 0 Å². The molecule has 0 spiro atoms. The van der Waals surface area contributed by atoms with Crippen LogP contribution in [-0.2, 0) is 16.1 Å². The molecule has 1 aliphatic carbocycles. The van der Waals surface area contributed by atoms with Crippen LogP contribution in [0.1, 0.15) is 53.8 Å². The fourth-order valence-electron chi connectivity index (χ4n) is 4.40. The van der Waals surface area contributed by atoms with Crippen LogP contribution in [0.4, 0.5) is 0 Å². The molecule has 0 radical (unpaired) electrons. The maximum absolute atomic E-state index is 13.2. The van der Waals surface area contributed by atoms with E-state index in [0.29, 0.717) is 19.7 Å². The van der Waals surface area contributed by atoms with Crippen molar-refractivity contribution in [3.8, 4) is 0 Å². The molecule has 2 fully saturated rings. The molecule has 7 nitrogen and oxygen atoms in total. The summed E-state index contributed by atoms with van der Waals surface area (Å²) in [6.45, 7) is 3.20. The number of carbonyl (C=O) groups excluding carboxylic acids is 2. The van der Waals surface area contributed by atoms with Crippen molar-refractivity contribution in [3.63, 3.8) is 0 Å². The largest absolute Gasteiger partial charge is 0.370 e. The molecule has 0 N–H and O–H groups in total. The van der Waals surface area contributed by atoms with Crippen LogP contribution < -0.4 is 0 Å². The van der Waals surface area contributed by atoms with Crippen molar-refractivity contribution in [1.29, 1.82) is 0 Å². The molecule has 7 heteroatoms. The first-order valence-corrected chi connectivity index (χ1v) is 11.1. The number of benzene rings is 1. The average Bonchev–Trinajstić information content (AvgIpc) is 2.98. The molecular weight excluding hydrogens is 392 g/mol. The Hall–Kier alpha value is -2.80. The lowest BCUT2D eigenvalue weighted by atomic mass is 9.94. The maximum Gasteiger partial charge on any atom is 0.274 e. The smallest absolute Gasteiger partial charge is 0.274 e. The predicted molar refractivity (Wildman–Crippen MR) is 116 cm³/mol. The summed E-state index contributed by atoms with van der Waals surface area (Å²) >= 11 is 0. The van der Waals surface area contributed by atoms with Gasteiger partial charge < -0.3 is 14.5 Å². The van der Waals surface area contributed by atoms with E-state index < -0.39 is 0 Å². The number of rotatable bonds is 5. The Morgan fingerprint density at radius 2 is 1.84 bits per heavy atom. The molecule has 1 saturated heterocycles. The minimum atomic E-state index is -0.278. The molecule has 1 aliphatic heterocycles. The zero-order valence-electron chi connectivity index (χ0n) is 18.1. The van der Waals surface area contributed by atoms with Gasteiger partial charge in [0.2, 0.25) is 5.91 Å². The van der Waals surface area contributed by atoms with Crippen LogP contribution in [-0.4, -0.2) is 63.4 Å². The topological polar surface area (TPSA) is 75.6 Å². The van der Waals surface area contributed by atoms with E-state index in [1.165, 1.54) is 12.6 Å². The summed E-state index contributed by atoms with van der Waals surface area (Å²) in [5.41, 5.74) is 2.08. The third-order valence-electron chi connectivity index (χ3n) is 6.10. The lowest BCUT2D eigenvalue weighted by Gasteiger charge is -2.34. The standard InChI is InChI=1S/C24H30N4O3/c1-18-12-26-22(13-25-18)24(30)27-14-21(31-17-19-8-4-2-5-9-19)15-28(23(29)16-27)20-10-6-3-7-11-20/h2,4-5,8-9,12-13,20-21H,3,6-7,10-11,14-17H2,1H3/t21-/m1/s1. The third-order valence-corrected chi connectivity index (χ3v) is 6.10. The molecule has 1 aromatic carbocycles. The van der Waals surface area contributed by atoms with Crippen molar-refractivity contribution in [3.05, 3.63) is 59.7 Å². The number of hydrogen-bond acceptors (Lipinski definition) is 5. The van der Waals surface area contributed by atoms with Gasteiger partial charge >= 0.3 is 0 Å². The first-order chi connectivity index (χ1) is 15.1. The number of nitrogens with zero attached hydrogens (tertiary/aromatic N) is 4. The number of carbonyl (C=O) groups is 2. The summed E-state index contributed by atoms with van der Waals surface area (Å²) in [5.74, 6) is -0.286. The number of aromatic nitrogens is 2. The fourth-order valence-corrected chi connectivity index (χ4v) is 4.40. The van der Waals surface area contributed by atoms with Gasteiger partial charge in [0.15, 0.2) is 0 Å². The number of aryl methyl sites for hydroxylation is 1. The van der Waals surface area contributed by atoms with Crippen molar-refractivity contribution in [2.75, 3.05) is 19.6 Å². The van der Waals surface area contributed by atoms with Gasteiger partial charge in [-0.05, 0) is 25.3 Å². The van der Waals surface area contributed by atoms with Gasteiger partial charge in [0.05, 0.1) is 24.6 Å². The summed E-state index contributed by atoms with van der Waals surface area (Å²) in [5, 5.41) is 0. The summed E-state index contributed by atoms with van der Waals surface area (Å²) in [7, 11) is 0. The van der Waals surface area contributed by atoms with E-state index in [0.717, 1.165) is 36.9 Å². The molecule has 2 aliphatic rings. The fraction of sp³-hybridized carbons (Fsp3) is 0.500. The molecular formula is C24H30N4O3. The van der Waals surface area contributed by atoms with Gasteiger partial charge in [0.1, 0.15) is 12.2 Å². The highest BCUT2D eigenvalue weighted by atomic mass is 16.5. The number of amides is 2. The monoisotopic (exact) mass is 422 g/mol. The summed E-state index contributed by atoms with van der Waals surface area (Å²) in [6.07, 6.45) is 8.36. The molecule has 0 bridgehead atoms. The maximum atomic E-state index is 13.2. The first-order valence-electron chi connectivity index (χ1n) is 11.1. The van der Waals surface area contributed by atoms with Gasteiger partial charge in [0, 0.05) is 25.3 Å². The summed E-state index contributed by atoms with van der Waals surface area (Å²) in [6, 6.07) is 10.2. The zero-order valence-corrected chi connectivity index (χ0v) is 18.1. The van der Waals surface area contributed by atoms with Crippen molar-refractivity contribution >= 4 is 11.8 Å². The average molecular weight is 423 g/mol. The van der Waals surface area contributed by atoms with Crippen LogP contribution in [0.15, 0.2) is 42.7 Å². The molecule has 1 saturated carbocycles. The van der Waals surface area contributed by atoms with E-state index in [1.54, 1.807) is 11.1 Å². The van der Waals surface area contributed by atoms with Gasteiger partial charge in [-0.15, -0.1) is 0 Å². The highest BCUT2D eigenvalue weighted by molar-refractivity contribution is 5.95. The molecule has 2 amide bonds. The SMILES string of the molecule is Cc1cnc(C(=O)N2CC(=O)N(C3CCCCC3)C[C@H](OCc3ccccc3)C2)cn1. The third kappa shape index (κ3) is 5.47. The molecule has 31 heavy (non-hydrogen) atoms. The lowest BCUT2D eigenvalue weighted by molar-refractivity contribution is -0.134. The summed E-state index contributed by atoms with van der Waals surface area (Å²) in [4.78, 5) is 38.2. The lowest BCUT2D eigenvalue weighted by Crippen LogP contribution is -2.46. The molecule has 0 unspecified atom stereocenters. The van der Waals surface area contributed by atoms with Gasteiger partial charge in [-0.3, -0.25) is 14.6 Å². The van der Waals surface area contributed by atoms with E-state index in [-0.39, 0.29) is 36.2 Å². The Morgan fingerprint density at radius 1 is 1.06 bits per heavy atom. The van der Waals surface area contributed by atoms with Gasteiger partial charge in [-0.25, -0.2) is 4.98 Å². The second kappa shape index (κ2) is 10.0. The van der Waals surface area contributed by atoms with Crippen LogP contribution in [0.2, 0.25) is 0 Å². The number of hydrogen-bond donors (Lipinski definition) is 0. The Morgan fingerprint density at radius 3 is 2.55 bits per heavy atom. The highest BCUT2D eigenvalue weighted by Crippen LogP contribution is 2.25. The van der Waals surface area contributed by atoms with Crippen LogP contribution in [0.5, 0.6) is 0 Å². The Kier molecular flexibility index (Phi) is 6.92. The Labute approximate surface area is 183 Å². The van der Waals surface area contributed by atoms with Crippen molar-refractivity contribution < 1.29 is 14.3 Å². The van der Waals surface area contributed by atoms with Gasteiger partial charge in [-0.2, -0.15) is 0 Å². The predicted octanol–water partition coefficient (Wildman–Crippen LogP) is 2.99. The van der Waals surface area contributed by atoms with E-state index in [4.69, 9.17) is 4.74 Å². The Balaban J connectivity index is 1.52. The van der Waals surface area contributed by atoms with E-state index >= 15 is 0 Å². The van der Waals surface area contributed by atoms with Crippen molar-refractivity contribution in [2.24, 2.45) is 0 Å². The quantitative estimate of drug-likeness (QED) is 0.740. The molecule has 1 aromatic heterocycles. The van der Waals surface area contributed by atoms with Crippen LogP contribution in [0.25, 0.3) is 0 Å². The normalized spacial score (nSPS) is 20.5. The van der Waals surface area contributed by atoms with Crippen molar-refractivity contribution in [1.82, 2.24) is 19.8 Å². The van der Waals surface area contributed by atoms with Crippen LogP contribution >= 0.6 is 0 Å². The van der Waals surface area contributed by atoms with Gasteiger partial charge in [0.25, 0.3) is 5.91 Å². The van der Waals surface area contributed by atoms with E-state index in [1.807, 2.05) is 42.2 Å². The Bertz CT molecular complexity index is 881. The first kappa shape index (κ1) is 21.4. The molecule has 2 heterocycles. The second-order valence-corrected chi connectivity index (χ2v) is 8.49. The molecule has 4 rings (SSSR count). The summed E-state index contributed by atoms with van der Waals surface area (Å²) < 4.78 is 6.23. The van der Waals surface area contributed by atoms with Crippen LogP contribution in [0, 0.1) is 6.92 Å². The zero-order chi connectivity index (χ0) is 21.6. The molecule has 2 aromatic rings. The highest BCUT2D eigenvalue weighted by Gasteiger charge is 2.35. The van der Waals surface area contributed by atoms with E-state index in [2.05, 4.69) is 9.97 Å². The minimum absolute atomic E-state index is 0.00821. The second-order valence-electron chi connectivity index (χ2n) is 8.49. The van der Waals surface area contributed by atoms with Gasteiger partial charge in [-0.1, -0.05) is 49.6 Å². The molecule has 1 atom stereocenters.